The summed E-state index contributed by atoms with van der Waals surface area (Å²) in [6.45, 7) is 2.61. The number of rotatable bonds is 7. The first-order chi connectivity index (χ1) is 13.9. The number of halogens is 3. The molecule has 2 N–H and O–H groups in total. The lowest BCUT2D eigenvalue weighted by Gasteiger charge is -2.12. The Bertz CT molecular complexity index is 1020. The van der Waals surface area contributed by atoms with Crippen LogP contribution in [-0.2, 0) is 10.9 Å². The van der Waals surface area contributed by atoms with Crippen LogP contribution in [0.3, 0.4) is 0 Å². The Hall–Kier alpha value is -1.97. The SMILES string of the molecule is CCC=S(CCCOC)c1sc2nc(-c3cccnc3)cc(C(F)(F)F)c2c1N. The molecule has 0 aliphatic carbocycles. The van der Waals surface area contributed by atoms with E-state index in [1.54, 1.807) is 25.4 Å². The van der Waals surface area contributed by atoms with Gasteiger partial charge in [-0.25, -0.2) is 4.98 Å². The summed E-state index contributed by atoms with van der Waals surface area (Å²) in [5, 5.41) is 2.12. The Kier molecular flexibility index (Phi) is 6.92. The molecule has 0 saturated heterocycles. The molecule has 156 valence electrons. The van der Waals surface area contributed by atoms with E-state index < -0.39 is 11.7 Å². The standard InChI is InChI=1S/C20H22F3N3OS2/c1-3-9-29(10-5-8-27-2)19-17(24)16-14(20(21,22)23)11-15(26-18(16)28-19)13-6-4-7-25-12-13/h4,6-7,9,11-12H,3,5,8,10,24H2,1-2H3. The minimum atomic E-state index is -4.53. The number of fused-ring (bicyclic) bond motifs is 1. The highest BCUT2D eigenvalue weighted by atomic mass is 32.2. The van der Waals surface area contributed by atoms with Crippen LogP contribution in [0, 0.1) is 0 Å². The van der Waals surface area contributed by atoms with E-state index in [-0.39, 0.29) is 27.3 Å². The fourth-order valence-electron chi connectivity index (χ4n) is 2.99. The Balaban J connectivity index is 2.20. The van der Waals surface area contributed by atoms with Crippen LogP contribution >= 0.6 is 21.8 Å². The molecule has 0 bridgehead atoms. The maximum atomic E-state index is 13.9. The summed E-state index contributed by atoms with van der Waals surface area (Å²) < 4.78 is 47.5. The highest BCUT2D eigenvalue weighted by Gasteiger charge is 2.36. The zero-order valence-electron chi connectivity index (χ0n) is 16.1. The van der Waals surface area contributed by atoms with Gasteiger partial charge in [0, 0.05) is 37.1 Å². The molecule has 3 aromatic heterocycles. The van der Waals surface area contributed by atoms with Crippen LogP contribution in [0.4, 0.5) is 18.9 Å². The summed E-state index contributed by atoms with van der Waals surface area (Å²) in [6.07, 6.45) is 0.162. The quantitative estimate of drug-likeness (QED) is 0.370. The Morgan fingerprint density at radius 1 is 1.34 bits per heavy atom. The fraction of sp³-hybridized carbons (Fsp3) is 0.350. The second-order valence-electron chi connectivity index (χ2n) is 6.33. The first kappa shape index (κ1) is 21.7. The summed E-state index contributed by atoms with van der Waals surface area (Å²) in [5.41, 5.74) is 6.49. The highest BCUT2D eigenvalue weighted by molar-refractivity contribution is 8.16. The maximum Gasteiger partial charge on any atom is 0.417 e. The second kappa shape index (κ2) is 9.23. The third-order valence-corrected chi connectivity index (χ3v) is 8.19. The first-order valence-electron chi connectivity index (χ1n) is 9.09. The van der Waals surface area contributed by atoms with E-state index in [4.69, 9.17) is 10.5 Å². The van der Waals surface area contributed by atoms with Crippen LogP contribution in [0.1, 0.15) is 25.3 Å². The van der Waals surface area contributed by atoms with Crippen LogP contribution in [0.5, 0.6) is 0 Å². The van der Waals surface area contributed by atoms with Crippen molar-refractivity contribution in [2.45, 2.75) is 30.2 Å². The normalized spacial score (nSPS) is 13.3. The summed E-state index contributed by atoms with van der Waals surface area (Å²) in [4.78, 5) is 8.80. The van der Waals surface area contributed by atoms with Gasteiger partial charge >= 0.3 is 6.18 Å². The molecule has 0 aliphatic rings. The molecule has 3 aromatic rings. The molecule has 0 fully saturated rings. The van der Waals surface area contributed by atoms with E-state index in [0.717, 1.165) is 28.9 Å². The van der Waals surface area contributed by atoms with Crippen LogP contribution in [0.15, 0.2) is 34.8 Å². The van der Waals surface area contributed by atoms with Crippen molar-refractivity contribution in [3.8, 4) is 11.3 Å². The molecular formula is C20H22F3N3OS2. The van der Waals surface area contributed by atoms with Gasteiger partial charge < -0.3 is 10.5 Å². The summed E-state index contributed by atoms with van der Waals surface area (Å²) in [6, 6.07) is 4.43. The second-order valence-corrected chi connectivity index (χ2v) is 9.60. The van der Waals surface area contributed by atoms with Crippen molar-refractivity contribution in [2.75, 3.05) is 25.2 Å². The monoisotopic (exact) mass is 441 g/mol. The van der Waals surface area contributed by atoms with Crippen molar-refractivity contribution in [1.82, 2.24) is 9.97 Å². The third kappa shape index (κ3) is 4.79. The minimum absolute atomic E-state index is 0.00103. The van der Waals surface area contributed by atoms with Crippen molar-refractivity contribution in [2.24, 2.45) is 0 Å². The molecule has 3 rings (SSSR count). The number of ether oxygens (including phenoxy) is 1. The topological polar surface area (TPSA) is 61.0 Å². The third-order valence-electron chi connectivity index (χ3n) is 4.25. The van der Waals surface area contributed by atoms with Crippen molar-refractivity contribution >= 4 is 43.1 Å². The molecule has 3 heterocycles. The number of aromatic nitrogens is 2. The predicted octanol–water partition coefficient (Wildman–Crippen LogP) is 5.84. The van der Waals surface area contributed by atoms with Gasteiger partial charge in [-0.1, -0.05) is 12.3 Å². The van der Waals surface area contributed by atoms with Gasteiger partial charge in [0.05, 0.1) is 21.2 Å². The number of methoxy groups -OCH3 is 1. The molecule has 4 nitrogen and oxygen atoms in total. The molecule has 1 atom stereocenters. The largest absolute Gasteiger partial charge is 0.417 e. The molecule has 0 aromatic carbocycles. The van der Waals surface area contributed by atoms with Crippen LogP contribution in [-0.4, -0.2) is 34.8 Å². The van der Waals surface area contributed by atoms with E-state index in [2.05, 4.69) is 15.3 Å². The number of nitrogen functional groups attached to an aromatic ring is 1. The molecule has 0 radical (unpaired) electrons. The molecular weight excluding hydrogens is 419 g/mol. The maximum absolute atomic E-state index is 13.9. The smallest absolute Gasteiger partial charge is 0.397 e. The number of nitrogens with zero attached hydrogens (tertiary/aromatic N) is 2. The van der Waals surface area contributed by atoms with E-state index in [0.29, 0.717) is 17.0 Å². The van der Waals surface area contributed by atoms with Crippen molar-refractivity contribution in [3.05, 3.63) is 36.2 Å². The lowest BCUT2D eigenvalue weighted by molar-refractivity contribution is -0.136. The summed E-state index contributed by atoms with van der Waals surface area (Å²) in [7, 11) is 1.28. The minimum Gasteiger partial charge on any atom is -0.397 e. The molecule has 0 spiro atoms. The molecule has 0 aliphatic heterocycles. The molecule has 0 amide bonds. The Labute approximate surface area is 173 Å². The van der Waals surface area contributed by atoms with E-state index in [1.165, 1.54) is 17.5 Å². The lowest BCUT2D eigenvalue weighted by atomic mass is 10.1. The van der Waals surface area contributed by atoms with E-state index in [9.17, 15) is 13.2 Å². The number of hydrogen-bond acceptors (Lipinski definition) is 5. The average molecular weight is 442 g/mol. The van der Waals surface area contributed by atoms with Crippen LogP contribution in [0.2, 0.25) is 0 Å². The number of anilines is 1. The van der Waals surface area contributed by atoms with Gasteiger partial charge in [0.25, 0.3) is 0 Å². The number of pyridine rings is 2. The zero-order valence-corrected chi connectivity index (χ0v) is 17.8. The average Bonchev–Trinajstić information content (AvgIpc) is 3.03. The zero-order chi connectivity index (χ0) is 21.0. The number of thiophene rings is 1. The van der Waals surface area contributed by atoms with Crippen LogP contribution in [0.25, 0.3) is 21.5 Å². The van der Waals surface area contributed by atoms with Gasteiger partial charge in [0.1, 0.15) is 4.83 Å². The van der Waals surface area contributed by atoms with Crippen molar-refractivity contribution in [3.63, 3.8) is 0 Å². The van der Waals surface area contributed by atoms with Gasteiger partial charge in [-0.2, -0.15) is 13.2 Å². The van der Waals surface area contributed by atoms with Gasteiger partial charge in [-0.3, -0.25) is 4.98 Å². The van der Waals surface area contributed by atoms with Gasteiger partial charge in [0.2, 0.25) is 0 Å². The van der Waals surface area contributed by atoms with Crippen LogP contribution < -0.4 is 5.73 Å². The number of nitrogens with two attached hydrogens (primary N) is 1. The molecule has 1 unspecified atom stereocenters. The van der Waals surface area contributed by atoms with Crippen molar-refractivity contribution in [1.29, 1.82) is 0 Å². The number of hydrogen-bond donors (Lipinski definition) is 1. The fourth-order valence-corrected chi connectivity index (χ4v) is 6.68. The summed E-state index contributed by atoms with van der Waals surface area (Å²) >= 11 is 1.25. The first-order valence-corrected chi connectivity index (χ1v) is 11.4. The van der Waals surface area contributed by atoms with Gasteiger partial charge in [0.15, 0.2) is 0 Å². The predicted molar refractivity (Wildman–Crippen MR) is 116 cm³/mol. The number of alkyl halides is 3. The molecule has 9 heteroatoms. The Morgan fingerprint density at radius 2 is 2.14 bits per heavy atom. The Morgan fingerprint density at radius 3 is 2.76 bits per heavy atom. The lowest BCUT2D eigenvalue weighted by Crippen LogP contribution is -2.07. The molecule has 29 heavy (non-hydrogen) atoms. The molecule has 0 saturated carbocycles. The highest BCUT2D eigenvalue weighted by Crippen LogP contribution is 2.48. The van der Waals surface area contributed by atoms with E-state index in [1.807, 2.05) is 6.92 Å². The van der Waals surface area contributed by atoms with Gasteiger partial charge in [-0.15, -0.1) is 21.8 Å². The van der Waals surface area contributed by atoms with Crippen molar-refractivity contribution < 1.29 is 17.9 Å². The van der Waals surface area contributed by atoms with E-state index >= 15 is 0 Å². The van der Waals surface area contributed by atoms with Gasteiger partial charge in [-0.05, 0) is 36.8 Å². The summed E-state index contributed by atoms with van der Waals surface area (Å²) in [5.74, 6) is 0.787.